The molecule has 0 bridgehead atoms. The van der Waals surface area contributed by atoms with Gasteiger partial charge in [-0.1, -0.05) is 13.8 Å². The molecule has 2 unspecified atom stereocenters. The number of carboxylic acids is 1. The average molecular weight is 258 g/mol. The Kier molecular flexibility index (Phi) is 5.40. The molecule has 3 N–H and O–H groups in total. The zero-order chi connectivity index (χ0) is 13.7. The van der Waals surface area contributed by atoms with E-state index in [1.807, 2.05) is 0 Å². The minimum absolute atomic E-state index is 0.0286. The van der Waals surface area contributed by atoms with Crippen molar-refractivity contribution in [2.45, 2.75) is 32.7 Å². The van der Waals surface area contributed by atoms with Gasteiger partial charge >= 0.3 is 12.0 Å². The van der Waals surface area contributed by atoms with Crippen LogP contribution in [0, 0.1) is 11.8 Å². The lowest BCUT2D eigenvalue weighted by Gasteiger charge is -2.35. The van der Waals surface area contributed by atoms with E-state index in [9.17, 15) is 9.59 Å². The Balaban J connectivity index is 2.51. The predicted octanol–water partition coefficient (Wildman–Crippen LogP) is 0.509. The molecule has 0 aromatic heterocycles. The molecule has 1 rings (SSSR count). The van der Waals surface area contributed by atoms with Gasteiger partial charge < -0.3 is 20.4 Å². The third-order valence-corrected chi connectivity index (χ3v) is 3.63. The molecule has 0 spiro atoms. The van der Waals surface area contributed by atoms with Gasteiger partial charge in [0.25, 0.3) is 0 Å². The molecule has 3 atom stereocenters. The van der Waals surface area contributed by atoms with E-state index in [1.165, 1.54) is 0 Å². The van der Waals surface area contributed by atoms with Gasteiger partial charge in [-0.25, -0.2) is 9.59 Å². The quantitative estimate of drug-likeness (QED) is 0.685. The summed E-state index contributed by atoms with van der Waals surface area (Å²) in [5, 5.41) is 20.1. The van der Waals surface area contributed by atoms with Crippen molar-refractivity contribution in [3.63, 3.8) is 0 Å². The van der Waals surface area contributed by atoms with Gasteiger partial charge in [0, 0.05) is 26.1 Å². The number of likely N-dealkylation sites (tertiary alicyclic amines) is 1. The molecule has 0 aliphatic carbocycles. The van der Waals surface area contributed by atoms with Crippen LogP contribution in [0.2, 0.25) is 0 Å². The van der Waals surface area contributed by atoms with Crippen LogP contribution in [0.4, 0.5) is 4.79 Å². The Bertz CT molecular complexity index is 308. The first kappa shape index (κ1) is 14.8. The highest BCUT2D eigenvalue weighted by Crippen LogP contribution is 2.22. The number of nitrogens with one attached hydrogen (secondary N) is 1. The van der Waals surface area contributed by atoms with Crippen molar-refractivity contribution in [2.24, 2.45) is 11.8 Å². The summed E-state index contributed by atoms with van der Waals surface area (Å²) >= 11 is 0. The van der Waals surface area contributed by atoms with Gasteiger partial charge in [-0.3, -0.25) is 0 Å². The fourth-order valence-electron chi connectivity index (χ4n) is 2.07. The van der Waals surface area contributed by atoms with Gasteiger partial charge in [0.15, 0.2) is 0 Å². The third kappa shape index (κ3) is 3.87. The van der Waals surface area contributed by atoms with E-state index in [2.05, 4.69) is 19.2 Å². The third-order valence-electron chi connectivity index (χ3n) is 3.63. The van der Waals surface area contributed by atoms with E-state index in [4.69, 9.17) is 10.2 Å². The molecule has 6 nitrogen and oxygen atoms in total. The molecule has 2 amide bonds. The number of carboxylic acid groups (broad SMARTS) is 1. The molecule has 1 fully saturated rings. The standard InChI is InChI=1S/C12H22N2O4/c1-8-3-5-14(7-9(8)2)12(18)13-10(4-6-15)11(16)17/h8-10,15H,3-7H2,1-2H3,(H,13,18)(H,16,17)/t8?,9?,10-/m0/s1. The number of aliphatic hydroxyl groups excluding tert-OH is 1. The normalized spacial score (nSPS) is 25.6. The smallest absolute Gasteiger partial charge is 0.326 e. The number of amides is 2. The Morgan fingerprint density at radius 1 is 1.39 bits per heavy atom. The van der Waals surface area contributed by atoms with E-state index in [-0.39, 0.29) is 19.1 Å². The molecule has 0 radical (unpaired) electrons. The number of aliphatic hydroxyl groups is 1. The maximum absolute atomic E-state index is 11.9. The summed E-state index contributed by atoms with van der Waals surface area (Å²) in [7, 11) is 0. The maximum Gasteiger partial charge on any atom is 0.326 e. The van der Waals surface area contributed by atoms with Gasteiger partial charge in [0.2, 0.25) is 0 Å². The van der Waals surface area contributed by atoms with Gasteiger partial charge in [-0.15, -0.1) is 0 Å². The molecule has 1 heterocycles. The van der Waals surface area contributed by atoms with Gasteiger partial charge in [-0.05, 0) is 18.3 Å². The van der Waals surface area contributed by atoms with Crippen molar-refractivity contribution >= 4 is 12.0 Å². The number of hydrogen-bond donors (Lipinski definition) is 3. The highest BCUT2D eigenvalue weighted by atomic mass is 16.4. The van der Waals surface area contributed by atoms with E-state index in [0.29, 0.717) is 24.9 Å². The van der Waals surface area contributed by atoms with Gasteiger partial charge in [-0.2, -0.15) is 0 Å². The van der Waals surface area contributed by atoms with Gasteiger partial charge in [0.05, 0.1) is 0 Å². The largest absolute Gasteiger partial charge is 0.480 e. The highest BCUT2D eigenvalue weighted by Gasteiger charge is 2.28. The van der Waals surface area contributed by atoms with Crippen molar-refractivity contribution in [3.05, 3.63) is 0 Å². The van der Waals surface area contributed by atoms with Crippen LogP contribution in [0.5, 0.6) is 0 Å². The first-order valence-corrected chi connectivity index (χ1v) is 6.34. The molecule has 18 heavy (non-hydrogen) atoms. The Morgan fingerprint density at radius 3 is 2.56 bits per heavy atom. The lowest BCUT2D eigenvalue weighted by Crippen LogP contribution is -2.51. The first-order chi connectivity index (χ1) is 8.45. The fraction of sp³-hybridized carbons (Fsp3) is 0.833. The Labute approximate surface area is 107 Å². The number of nitrogens with zero attached hydrogens (tertiary/aromatic N) is 1. The number of carbonyl (C=O) groups excluding carboxylic acids is 1. The minimum atomic E-state index is -1.11. The SMILES string of the molecule is CC1CCN(C(=O)N[C@@H](CCO)C(=O)O)CC1C. The summed E-state index contributed by atoms with van der Waals surface area (Å²) in [6.07, 6.45) is 0.965. The number of rotatable bonds is 4. The molecule has 0 saturated carbocycles. The van der Waals surface area contributed by atoms with Crippen LogP contribution in [0.1, 0.15) is 26.7 Å². The molecule has 104 valence electrons. The van der Waals surface area contributed by atoms with E-state index in [1.54, 1.807) is 4.90 Å². The summed E-state index contributed by atoms with van der Waals surface area (Å²) in [6, 6.07) is -1.37. The summed E-state index contributed by atoms with van der Waals surface area (Å²) in [5.41, 5.74) is 0. The molecule has 1 aliphatic heterocycles. The molecule has 0 aromatic carbocycles. The Hall–Kier alpha value is -1.30. The summed E-state index contributed by atoms with van der Waals surface area (Å²) in [4.78, 5) is 24.4. The second-order valence-electron chi connectivity index (χ2n) is 5.04. The van der Waals surface area contributed by atoms with Crippen molar-refractivity contribution in [1.29, 1.82) is 0 Å². The zero-order valence-electron chi connectivity index (χ0n) is 10.9. The molecule has 6 heteroatoms. The molecule has 1 aliphatic rings. The van der Waals surface area contributed by atoms with E-state index >= 15 is 0 Å². The van der Waals surface area contributed by atoms with Crippen molar-refractivity contribution in [3.8, 4) is 0 Å². The monoisotopic (exact) mass is 258 g/mol. The van der Waals surface area contributed by atoms with Crippen LogP contribution < -0.4 is 5.32 Å². The number of urea groups is 1. The molecular formula is C12H22N2O4. The average Bonchev–Trinajstić information content (AvgIpc) is 2.31. The number of piperidine rings is 1. The molecule has 1 saturated heterocycles. The second kappa shape index (κ2) is 6.58. The number of carbonyl (C=O) groups is 2. The van der Waals surface area contributed by atoms with Crippen LogP contribution >= 0.6 is 0 Å². The van der Waals surface area contributed by atoms with Crippen LogP contribution in [-0.2, 0) is 4.79 Å². The van der Waals surface area contributed by atoms with E-state index < -0.39 is 12.0 Å². The number of aliphatic carboxylic acids is 1. The van der Waals surface area contributed by atoms with Crippen LogP contribution in [0.3, 0.4) is 0 Å². The van der Waals surface area contributed by atoms with Gasteiger partial charge in [0.1, 0.15) is 6.04 Å². The second-order valence-corrected chi connectivity index (χ2v) is 5.04. The van der Waals surface area contributed by atoms with Crippen LogP contribution in [0.25, 0.3) is 0 Å². The van der Waals surface area contributed by atoms with Crippen LogP contribution in [0.15, 0.2) is 0 Å². The van der Waals surface area contributed by atoms with Crippen molar-refractivity contribution < 1.29 is 19.8 Å². The highest BCUT2D eigenvalue weighted by molar-refractivity contribution is 5.82. The lowest BCUT2D eigenvalue weighted by molar-refractivity contribution is -0.139. The van der Waals surface area contributed by atoms with E-state index in [0.717, 1.165) is 6.42 Å². The lowest BCUT2D eigenvalue weighted by atomic mass is 9.89. The predicted molar refractivity (Wildman–Crippen MR) is 66.2 cm³/mol. The fourth-order valence-corrected chi connectivity index (χ4v) is 2.07. The summed E-state index contributed by atoms with van der Waals surface area (Å²) < 4.78 is 0. The molecular weight excluding hydrogens is 236 g/mol. The molecule has 0 aromatic rings. The summed E-state index contributed by atoms with van der Waals surface area (Å²) in [6.45, 7) is 5.30. The van der Waals surface area contributed by atoms with Crippen molar-refractivity contribution in [2.75, 3.05) is 19.7 Å². The summed E-state index contributed by atoms with van der Waals surface area (Å²) in [5.74, 6) is -0.108. The van der Waals surface area contributed by atoms with Crippen LogP contribution in [-0.4, -0.2) is 52.9 Å². The number of hydrogen-bond acceptors (Lipinski definition) is 3. The minimum Gasteiger partial charge on any atom is -0.480 e. The first-order valence-electron chi connectivity index (χ1n) is 6.34. The zero-order valence-corrected chi connectivity index (χ0v) is 10.9. The topological polar surface area (TPSA) is 89.9 Å². The van der Waals surface area contributed by atoms with Crippen molar-refractivity contribution in [1.82, 2.24) is 10.2 Å². The maximum atomic E-state index is 11.9. The Morgan fingerprint density at radius 2 is 2.06 bits per heavy atom.